The Hall–Kier alpha value is -1.61. The highest BCUT2D eigenvalue weighted by atomic mass is 32.1. The van der Waals surface area contributed by atoms with Crippen molar-refractivity contribution in [2.75, 3.05) is 0 Å². The van der Waals surface area contributed by atoms with Gasteiger partial charge in [-0.15, -0.1) is 0 Å². The first kappa shape index (κ1) is 11.9. The lowest BCUT2D eigenvalue weighted by Gasteiger charge is -2.10. The molecule has 1 atom stereocenters. The van der Waals surface area contributed by atoms with Gasteiger partial charge in [-0.25, -0.2) is 0 Å². The topological polar surface area (TPSA) is 37.3 Å². The first-order chi connectivity index (χ1) is 8.27. The highest BCUT2D eigenvalue weighted by Gasteiger charge is 2.19. The third-order valence-electron chi connectivity index (χ3n) is 2.81. The van der Waals surface area contributed by atoms with Crippen molar-refractivity contribution in [1.82, 2.24) is 0 Å². The van der Waals surface area contributed by atoms with E-state index in [0.717, 1.165) is 12.0 Å². The predicted molar refractivity (Wildman–Crippen MR) is 69.5 cm³/mol. The van der Waals surface area contributed by atoms with Crippen LogP contribution in [0.15, 0.2) is 47.2 Å². The number of aryl methyl sites for hydroxylation is 1. The Balaban J connectivity index is 2.03. The van der Waals surface area contributed by atoms with Gasteiger partial charge in [-0.3, -0.25) is 4.79 Å². The summed E-state index contributed by atoms with van der Waals surface area (Å²) >= 11 is 1.54. The Morgan fingerprint density at radius 3 is 2.59 bits per heavy atom. The first-order valence-corrected chi connectivity index (χ1v) is 6.50. The van der Waals surface area contributed by atoms with Crippen LogP contribution in [0.25, 0.3) is 0 Å². The Morgan fingerprint density at radius 2 is 2.00 bits per heavy atom. The molecular weight excluding hydrogens is 232 g/mol. The van der Waals surface area contributed by atoms with E-state index in [-0.39, 0.29) is 5.92 Å². The molecule has 88 valence electrons. The molecule has 0 fully saturated rings. The van der Waals surface area contributed by atoms with Gasteiger partial charge in [0.25, 0.3) is 0 Å². The zero-order chi connectivity index (χ0) is 12.1. The standard InChI is InChI=1S/C14H14O2S/c15-14(16)13(12-8-9-17-10-12)7-6-11-4-2-1-3-5-11/h1-5,8-10,13H,6-7H2,(H,15,16). The number of aliphatic carboxylic acids is 1. The van der Waals surface area contributed by atoms with Gasteiger partial charge in [-0.2, -0.15) is 11.3 Å². The third-order valence-corrected chi connectivity index (χ3v) is 3.51. The number of benzene rings is 1. The lowest BCUT2D eigenvalue weighted by atomic mass is 9.94. The van der Waals surface area contributed by atoms with E-state index in [1.807, 2.05) is 47.2 Å². The van der Waals surface area contributed by atoms with Gasteiger partial charge in [-0.1, -0.05) is 30.3 Å². The molecule has 0 aliphatic rings. The Morgan fingerprint density at radius 1 is 1.24 bits per heavy atom. The number of hydrogen-bond acceptors (Lipinski definition) is 2. The summed E-state index contributed by atoms with van der Waals surface area (Å²) in [5.74, 6) is -1.12. The molecule has 1 heterocycles. The van der Waals surface area contributed by atoms with Crippen LogP contribution in [-0.4, -0.2) is 11.1 Å². The van der Waals surface area contributed by atoms with E-state index in [2.05, 4.69) is 0 Å². The number of carboxylic acid groups (broad SMARTS) is 1. The molecule has 0 saturated heterocycles. The molecule has 1 aromatic carbocycles. The minimum atomic E-state index is -0.737. The van der Waals surface area contributed by atoms with Crippen molar-refractivity contribution in [3.8, 4) is 0 Å². The summed E-state index contributed by atoms with van der Waals surface area (Å²) < 4.78 is 0. The smallest absolute Gasteiger partial charge is 0.311 e. The SMILES string of the molecule is O=C(O)C(CCc1ccccc1)c1ccsc1. The van der Waals surface area contributed by atoms with Crippen LogP contribution in [0.5, 0.6) is 0 Å². The van der Waals surface area contributed by atoms with Crippen LogP contribution in [-0.2, 0) is 11.2 Å². The van der Waals surface area contributed by atoms with Gasteiger partial charge in [0.2, 0.25) is 0 Å². The van der Waals surface area contributed by atoms with Gasteiger partial charge in [0, 0.05) is 0 Å². The van der Waals surface area contributed by atoms with E-state index < -0.39 is 5.97 Å². The molecule has 0 amide bonds. The van der Waals surface area contributed by atoms with Crippen molar-refractivity contribution in [2.24, 2.45) is 0 Å². The van der Waals surface area contributed by atoms with Crippen LogP contribution in [0, 0.1) is 0 Å². The summed E-state index contributed by atoms with van der Waals surface area (Å²) in [7, 11) is 0. The molecule has 0 aliphatic carbocycles. The molecule has 0 spiro atoms. The molecule has 2 aromatic rings. The van der Waals surface area contributed by atoms with E-state index in [4.69, 9.17) is 0 Å². The van der Waals surface area contributed by atoms with Crippen LogP contribution in [0.2, 0.25) is 0 Å². The van der Waals surface area contributed by atoms with Crippen LogP contribution >= 0.6 is 11.3 Å². The van der Waals surface area contributed by atoms with Crippen LogP contribution in [0.1, 0.15) is 23.5 Å². The average molecular weight is 246 g/mol. The number of thiophene rings is 1. The second-order valence-electron chi connectivity index (χ2n) is 3.97. The fourth-order valence-electron chi connectivity index (χ4n) is 1.86. The first-order valence-electron chi connectivity index (χ1n) is 5.56. The summed E-state index contributed by atoms with van der Waals surface area (Å²) in [6.07, 6.45) is 1.45. The number of carboxylic acids is 1. The van der Waals surface area contributed by atoms with Gasteiger partial charge in [0.05, 0.1) is 5.92 Å². The summed E-state index contributed by atoms with van der Waals surface area (Å²) in [5.41, 5.74) is 2.10. The van der Waals surface area contributed by atoms with E-state index >= 15 is 0 Å². The average Bonchev–Trinajstić information content (AvgIpc) is 2.84. The van der Waals surface area contributed by atoms with Crippen molar-refractivity contribution < 1.29 is 9.90 Å². The zero-order valence-corrected chi connectivity index (χ0v) is 10.2. The molecule has 2 nitrogen and oxygen atoms in total. The molecule has 1 unspecified atom stereocenters. The van der Waals surface area contributed by atoms with E-state index in [1.54, 1.807) is 11.3 Å². The molecule has 0 saturated carbocycles. The van der Waals surface area contributed by atoms with Crippen LogP contribution < -0.4 is 0 Å². The normalized spacial score (nSPS) is 12.2. The molecule has 0 bridgehead atoms. The van der Waals surface area contributed by atoms with Crippen molar-refractivity contribution in [3.05, 3.63) is 58.3 Å². The molecule has 1 aromatic heterocycles. The fourth-order valence-corrected chi connectivity index (χ4v) is 2.58. The van der Waals surface area contributed by atoms with Gasteiger partial charge in [-0.05, 0) is 40.8 Å². The maximum absolute atomic E-state index is 11.2. The molecule has 1 N–H and O–H groups in total. The maximum Gasteiger partial charge on any atom is 0.311 e. The zero-order valence-electron chi connectivity index (χ0n) is 9.37. The van der Waals surface area contributed by atoms with Crippen molar-refractivity contribution in [3.63, 3.8) is 0 Å². The molecular formula is C14H14O2S. The summed E-state index contributed by atoms with van der Waals surface area (Å²) in [6.45, 7) is 0. The second kappa shape index (κ2) is 5.64. The Labute approximate surface area is 105 Å². The van der Waals surface area contributed by atoms with Gasteiger partial charge in [0.1, 0.15) is 0 Å². The fraction of sp³-hybridized carbons (Fsp3) is 0.214. The van der Waals surface area contributed by atoms with E-state index in [0.29, 0.717) is 6.42 Å². The number of carbonyl (C=O) groups is 1. The molecule has 3 heteroatoms. The predicted octanol–water partition coefficient (Wildman–Crippen LogP) is 3.55. The van der Waals surface area contributed by atoms with Gasteiger partial charge >= 0.3 is 5.97 Å². The Bertz CT molecular complexity index is 462. The van der Waals surface area contributed by atoms with Gasteiger partial charge in [0.15, 0.2) is 0 Å². The van der Waals surface area contributed by atoms with E-state index in [9.17, 15) is 9.90 Å². The van der Waals surface area contributed by atoms with Crippen LogP contribution in [0.3, 0.4) is 0 Å². The van der Waals surface area contributed by atoms with E-state index in [1.165, 1.54) is 5.56 Å². The summed E-state index contributed by atoms with van der Waals surface area (Å²) in [6, 6.07) is 11.9. The second-order valence-corrected chi connectivity index (χ2v) is 4.75. The largest absolute Gasteiger partial charge is 0.481 e. The van der Waals surface area contributed by atoms with Crippen molar-refractivity contribution in [1.29, 1.82) is 0 Å². The van der Waals surface area contributed by atoms with Crippen molar-refractivity contribution >= 4 is 17.3 Å². The van der Waals surface area contributed by atoms with Crippen LogP contribution in [0.4, 0.5) is 0 Å². The molecule has 17 heavy (non-hydrogen) atoms. The number of rotatable bonds is 5. The lowest BCUT2D eigenvalue weighted by molar-refractivity contribution is -0.138. The van der Waals surface area contributed by atoms with Crippen molar-refractivity contribution in [2.45, 2.75) is 18.8 Å². The Kier molecular flexibility index (Phi) is 3.94. The minimum absolute atomic E-state index is 0.388. The molecule has 0 radical (unpaired) electrons. The highest BCUT2D eigenvalue weighted by Crippen LogP contribution is 2.24. The minimum Gasteiger partial charge on any atom is -0.481 e. The summed E-state index contributed by atoms with van der Waals surface area (Å²) in [5, 5.41) is 13.1. The molecule has 2 rings (SSSR count). The highest BCUT2D eigenvalue weighted by molar-refractivity contribution is 7.08. The third kappa shape index (κ3) is 3.17. The maximum atomic E-state index is 11.2. The quantitative estimate of drug-likeness (QED) is 0.876. The monoisotopic (exact) mass is 246 g/mol. The number of hydrogen-bond donors (Lipinski definition) is 1. The van der Waals surface area contributed by atoms with Gasteiger partial charge < -0.3 is 5.11 Å². The summed E-state index contributed by atoms with van der Waals surface area (Å²) in [4.78, 5) is 11.2. The lowest BCUT2D eigenvalue weighted by Crippen LogP contribution is -2.11. The molecule has 0 aliphatic heterocycles.